The predicted octanol–water partition coefficient (Wildman–Crippen LogP) is 0.971. The Morgan fingerprint density at radius 3 is 3.06 bits per heavy atom. The summed E-state index contributed by atoms with van der Waals surface area (Å²) in [6, 6.07) is 6.70. The van der Waals surface area contributed by atoms with E-state index < -0.39 is 5.97 Å². The van der Waals surface area contributed by atoms with Crippen LogP contribution in [-0.2, 0) is 4.79 Å². The number of nitrogens with one attached hydrogen (secondary N) is 1. The van der Waals surface area contributed by atoms with Crippen LogP contribution < -0.4 is 10.9 Å². The fourth-order valence-corrected chi connectivity index (χ4v) is 1.60. The molecule has 0 amide bonds. The minimum absolute atomic E-state index is 0.0968. The zero-order chi connectivity index (χ0) is 13.0. The minimum Gasteiger partial charge on any atom is -0.481 e. The molecule has 0 unspecified atom stereocenters. The van der Waals surface area contributed by atoms with Gasteiger partial charge in [0.05, 0.1) is 0 Å². The van der Waals surface area contributed by atoms with Gasteiger partial charge in [0.25, 0.3) is 5.56 Å². The molecule has 0 radical (unpaired) electrons. The molecular weight excluding hydrogens is 234 g/mol. The van der Waals surface area contributed by atoms with Gasteiger partial charge in [-0.25, -0.2) is 4.98 Å². The molecule has 0 saturated carbocycles. The molecule has 2 aromatic heterocycles. The molecule has 0 aliphatic carbocycles. The molecule has 6 heteroatoms. The number of carbonyl (C=O) groups is 1. The van der Waals surface area contributed by atoms with Crippen molar-refractivity contribution in [1.29, 1.82) is 0 Å². The maximum Gasteiger partial charge on any atom is 0.303 e. The van der Waals surface area contributed by atoms with Gasteiger partial charge in [-0.1, -0.05) is 6.07 Å². The molecule has 2 N–H and O–H groups in total. The molecule has 94 valence electrons. The van der Waals surface area contributed by atoms with Crippen LogP contribution in [0.1, 0.15) is 12.8 Å². The predicted molar refractivity (Wildman–Crippen MR) is 66.8 cm³/mol. The second kappa shape index (κ2) is 5.31. The highest BCUT2D eigenvalue weighted by Gasteiger charge is 2.01. The first-order valence-corrected chi connectivity index (χ1v) is 5.61. The van der Waals surface area contributed by atoms with E-state index in [0.717, 1.165) is 0 Å². The molecule has 0 saturated heterocycles. The lowest BCUT2D eigenvalue weighted by atomic mass is 10.3. The van der Waals surface area contributed by atoms with E-state index in [1.807, 2.05) is 0 Å². The monoisotopic (exact) mass is 247 g/mol. The number of nitrogens with zero attached hydrogens (tertiary/aromatic N) is 2. The van der Waals surface area contributed by atoms with Crippen molar-refractivity contribution in [1.82, 2.24) is 9.38 Å². The fraction of sp³-hybridized carbons (Fsp3) is 0.250. The van der Waals surface area contributed by atoms with Gasteiger partial charge in [-0.3, -0.25) is 14.0 Å². The van der Waals surface area contributed by atoms with Crippen molar-refractivity contribution in [2.45, 2.75) is 12.8 Å². The first-order chi connectivity index (χ1) is 8.66. The van der Waals surface area contributed by atoms with Gasteiger partial charge in [0.2, 0.25) is 0 Å². The van der Waals surface area contributed by atoms with Crippen LogP contribution in [0.25, 0.3) is 5.65 Å². The molecule has 0 spiro atoms. The third-order valence-electron chi connectivity index (χ3n) is 2.44. The average Bonchev–Trinajstić information content (AvgIpc) is 2.35. The van der Waals surface area contributed by atoms with Crippen LogP contribution in [0.5, 0.6) is 0 Å². The number of hydrogen-bond donors (Lipinski definition) is 2. The number of hydrogen-bond acceptors (Lipinski definition) is 4. The first kappa shape index (κ1) is 12.1. The molecule has 2 aromatic rings. The molecule has 18 heavy (non-hydrogen) atoms. The Kier molecular flexibility index (Phi) is 3.57. The quantitative estimate of drug-likeness (QED) is 0.769. The van der Waals surface area contributed by atoms with Gasteiger partial charge < -0.3 is 10.4 Å². The second-order valence-corrected chi connectivity index (χ2v) is 3.83. The molecule has 0 aliphatic rings. The van der Waals surface area contributed by atoms with E-state index in [1.54, 1.807) is 24.4 Å². The normalized spacial score (nSPS) is 10.4. The third-order valence-corrected chi connectivity index (χ3v) is 2.44. The van der Waals surface area contributed by atoms with Crippen LogP contribution in [0.4, 0.5) is 5.82 Å². The van der Waals surface area contributed by atoms with Crippen LogP contribution in [0.2, 0.25) is 0 Å². The topological polar surface area (TPSA) is 83.7 Å². The van der Waals surface area contributed by atoms with Gasteiger partial charge in [0.1, 0.15) is 11.5 Å². The highest BCUT2D eigenvalue weighted by molar-refractivity contribution is 5.66. The van der Waals surface area contributed by atoms with Crippen molar-refractivity contribution in [2.75, 3.05) is 11.9 Å². The minimum atomic E-state index is -0.830. The largest absolute Gasteiger partial charge is 0.481 e. The van der Waals surface area contributed by atoms with Crippen molar-refractivity contribution < 1.29 is 9.90 Å². The van der Waals surface area contributed by atoms with Crippen molar-refractivity contribution >= 4 is 17.4 Å². The molecule has 0 bridgehead atoms. The summed E-state index contributed by atoms with van der Waals surface area (Å²) < 4.78 is 1.45. The number of aromatic nitrogens is 2. The van der Waals surface area contributed by atoms with Gasteiger partial charge in [-0.2, -0.15) is 0 Å². The van der Waals surface area contributed by atoms with Gasteiger partial charge in [0, 0.05) is 25.2 Å². The van der Waals surface area contributed by atoms with E-state index in [9.17, 15) is 9.59 Å². The molecule has 2 heterocycles. The Labute approximate surface area is 103 Å². The molecule has 0 atom stereocenters. The number of anilines is 1. The molecule has 2 rings (SSSR count). The number of carboxylic acids is 1. The van der Waals surface area contributed by atoms with E-state index >= 15 is 0 Å². The van der Waals surface area contributed by atoms with E-state index in [-0.39, 0.29) is 12.0 Å². The summed E-state index contributed by atoms with van der Waals surface area (Å²) in [6.07, 6.45) is 2.24. The van der Waals surface area contributed by atoms with Gasteiger partial charge in [-0.05, 0) is 18.6 Å². The lowest BCUT2D eigenvalue weighted by molar-refractivity contribution is -0.137. The molecule has 6 nitrogen and oxygen atoms in total. The van der Waals surface area contributed by atoms with Crippen LogP contribution in [0, 0.1) is 0 Å². The maximum atomic E-state index is 11.7. The summed E-state index contributed by atoms with van der Waals surface area (Å²) in [5.74, 6) is -0.361. The summed E-state index contributed by atoms with van der Waals surface area (Å²) in [5.41, 5.74) is 0.395. The smallest absolute Gasteiger partial charge is 0.303 e. The average molecular weight is 247 g/mol. The van der Waals surface area contributed by atoms with Gasteiger partial charge in [-0.15, -0.1) is 0 Å². The Morgan fingerprint density at radius 1 is 1.44 bits per heavy atom. The maximum absolute atomic E-state index is 11.7. The number of rotatable bonds is 5. The Balaban J connectivity index is 2.10. The van der Waals surface area contributed by atoms with Crippen LogP contribution in [0.3, 0.4) is 0 Å². The summed E-state index contributed by atoms with van der Waals surface area (Å²) in [4.78, 5) is 26.3. The van der Waals surface area contributed by atoms with Crippen LogP contribution >= 0.6 is 0 Å². The van der Waals surface area contributed by atoms with Crippen LogP contribution in [0.15, 0.2) is 35.3 Å². The molecular formula is C12H13N3O3. The van der Waals surface area contributed by atoms with Crippen molar-refractivity contribution in [3.63, 3.8) is 0 Å². The Morgan fingerprint density at radius 2 is 2.28 bits per heavy atom. The zero-order valence-corrected chi connectivity index (χ0v) is 9.67. The second-order valence-electron chi connectivity index (χ2n) is 3.83. The van der Waals surface area contributed by atoms with E-state index in [4.69, 9.17) is 5.11 Å². The summed E-state index contributed by atoms with van der Waals surface area (Å²) in [5, 5.41) is 11.4. The Hall–Kier alpha value is -2.37. The standard InChI is InChI=1S/C12H13N3O3/c16-11-8-9(13-6-3-5-12(17)18)14-10-4-1-2-7-15(10)11/h1-2,4,7-8,13H,3,5-6H2,(H,17,18). The SMILES string of the molecule is O=C(O)CCCNc1cc(=O)n2ccccc2n1. The number of pyridine rings is 1. The lowest BCUT2D eigenvalue weighted by Crippen LogP contribution is -2.16. The lowest BCUT2D eigenvalue weighted by Gasteiger charge is -2.05. The zero-order valence-electron chi connectivity index (χ0n) is 9.67. The van der Waals surface area contributed by atoms with Gasteiger partial charge in [0.15, 0.2) is 0 Å². The van der Waals surface area contributed by atoms with Crippen molar-refractivity contribution in [3.05, 3.63) is 40.8 Å². The highest BCUT2D eigenvalue weighted by Crippen LogP contribution is 2.03. The van der Waals surface area contributed by atoms with E-state index in [1.165, 1.54) is 10.5 Å². The third kappa shape index (κ3) is 2.85. The number of fused-ring (bicyclic) bond motifs is 1. The number of carboxylic acid groups (broad SMARTS) is 1. The van der Waals surface area contributed by atoms with Gasteiger partial charge >= 0.3 is 5.97 Å². The van der Waals surface area contributed by atoms with E-state index in [0.29, 0.717) is 24.4 Å². The van der Waals surface area contributed by atoms with Crippen molar-refractivity contribution in [3.8, 4) is 0 Å². The molecule has 0 aliphatic heterocycles. The molecule has 0 aromatic carbocycles. The molecule has 0 fully saturated rings. The van der Waals surface area contributed by atoms with Crippen LogP contribution in [-0.4, -0.2) is 27.0 Å². The van der Waals surface area contributed by atoms with E-state index in [2.05, 4.69) is 10.3 Å². The Bertz CT molecular complexity index is 621. The fourth-order valence-electron chi connectivity index (χ4n) is 1.60. The number of aliphatic carboxylic acids is 1. The first-order valence-electron chi connectivity index (χ1n) is 5.61. The summed E-state index contributed by atoms with van der Waals surface area (Å²) in [6.45, 7) is 0.474. The summed E-state index contributed by atoms with van der Waals surface area (Å²) in [7, 11) is 0. The summed E-state index contributed by atoms with van der Waals surface area (Å²) >= 11 is 0. The van der Waals surface area contributed by atoms with Crippen molar-refractivity contribution in [2.24, 2.45) is 0 Å². The highest BCUT2D eigenvalue weighted by atomic mass is 16.4.